The molecule has 0 aliphatic carbocycles. The van der Waals surface area contributed by atoms with Gasteiger partial charge in [-0.1, -0.05) is 18.2 Å². The van der Waals surface area contributed by atoms with E-state index in [9.17, 15) is 8.42 Å². The fourth-order valence-corrected chi connectivity index (χ4v) is 4.01. The summed E-state index contributed by atoms with van der Waals surface area (Å²) in [4.78, 5) is 8.95. The Bertz CT molecular complexity index is 1010. The van der Waals surface area contributed by atoms with Gasteiger partial charge in [0.2, 0.25) is 10.0 Å². The average Bonchev–Trinajstić information content (AvgIpc) is 3.05. The number of aromatic nitrogens is 3. The van der Waals surface area contributed by atoms with Gasteiger partial charge in [-0.25, -0.2) is 23.1 Å². The molecule has 0 saturated heterocycles. The van der Waals surface area contributed by atoms with Crippen LogP contribution in [-0.2, 0) is 16.6 Å². The third-order valence-electron chi connectivity index (χ3n) is 4.44. The smallest absolute Gasteiger partial charge is 0.240 e. The van der Waals surface area contributed by atoms with Gasteiger partial charge in [-0.3, -0.25) is 0 Å². The number of hydrogen-bond donors (Lipinski definition) is 2. The van der Waals surface area contributed by atoms with Gasteiger partial charge in [0.25, 0.3) is 0 Å². The standard InChI is InChI=1S/C18H23N5O2S/c1-13-14(2)22-18(19)16-17(13)23(12-20-16)11-7-6-10-21-26(24,25)15-8-4-3-5-9-15/h3-5,8-9,12,21H,6-7,10-11H2,1-2H3,(H2,19,22). The number of pyridine rings is 1. The highest BCUT2D eigenvalue weighted by atomic mass is 32.2. The number of unbranched alkanes of at least 4 members (excludes halogenated alkanes) is 1. The van der Waals surface area contributed by atoms with Crippen LogP contribution < -0.4 is 10.5 Å². The zero-order chi connectivity index (χ0) is 18.7. The zero-order valence-electron chi connectivity index (χ0n) is 14.9. The van der Waals surface area contributed by atoms with Crippen molar-refractivity contribution in [3.63, 3.8) is 0 Å². The minimum Gasteiger partial charge on any atom is -0.382 e. The van der Waals surface area contributed by atoms with Crippen LogP contribution in [0.4, 0.5) is 5.82 Å². The Morgan fingerprint density at radius 2 is 1.88 bits per heavy atom. The Balaban J connectivity index is 1.59. The zero-order valence-corrected chi connectivity index (χ0v) is 15.8. The Morgan fingerprint density at radius 1 is 1.15 bits per heavy atom. The van der Waals surface area contributed by atoms with E-state index in [1.165, 1.54) is 0 Å². The second-order valence-electron chi connectivity index (χ2n) is 6.26. The van der Waals surface area contributed by atoms with Crippen molar-refractivity contribution in [3.8, 4) is 0 Å². The molecule has 0 bridgehead atoms. The summed E-state index contributed by atoms with van der Waals surface area (Å²) in [5.74, 6) is 0.442. The molecule has 8 heteroatoms. The van der Waals surface area contributed by atoms with E-state index in [0.717, 1.165) is 41.7 Å². The van der Waals surface area contributed by atoms with Crippen molar-refractivity contribution < 1.29 is 8.42 Å². The molecule has 0 saturated carbocycles. The Hall–Kier alpha value is -2.45. The molecule has 0 amide bonds. The number of nitrogens with zero attached hydrogens (tertiary/aromatic N) is 3. The molecule has 0 fully saturated rings. The van der Waals surface area contributed by atoms with E-state index in [1.54, 1.807) is 36.7 Å². The van der Waals surface area contributed by atoms with Crippen molar-refractivity contribution in [2.45, 2.75) is 38.1 Å². The largest absolute Gasteiger partial charge is 0.382 e. The van der Waals surface area contributed by atoms with Crippen LogP contribution in [0.5, 0.6) is 0 Å². The van der Waals surface area contributed by atoms with Gasteiger partial charge in [-0.2, -0.15) is 0 Å². The van der Waals surface area contributed by atoms with Crippen LogP contribution in [0.15, 0.2) is 41.6 Å². The Morgan fingerprint density at radius 3 is 2.62 bits per heavy atom. The number of nitrogen functional groups attached to an aromatic ring is 1. The second-order valence-corrected chi connectivity index (χ2v) is 8.03. The molecule has 0 unspecified atom stereocenters. The molecule has 0 aliphatic heterocycles. The van der Waals surface area contributed by atoms with E-state index in [2.05, 4.69) is 19.3 Å². The molecule has 0 radical (unpaired) electrons. The molecule has 1 aromatic carbocycles. The summed E-state index contributed by atoms with van der Waals surface area (Å²) in [6, 6.07) is 8.39. The van der Waals surface area contributed by atoms with E-state index < -0.39 is 10.0 Å². The lowest BCUT2D eigenvalue weighted by Gasteiger charge is -2.10. The first-order chi connectivity index (χ1) is 12.4. The molecule has 0 atom stereocenters. The highest BCUT2D eigenvalue weighted by Crippen LogP contribution is 2.24. The molecule has 3 rings (SSSR count). The van der Waals surface area contributed by atoms with Gasteiger partial charge < -0.3 is 10.3 Å². The van der Waals surface area contributed by atoms with Crippen molar-refractivity contribution in [2.75, 3.05) is 12.3 Å². The summed E-state index contributed by atoms with van der Waals surface area (Å²) in [5.41, 5.74) is 9.64. The van der Waals surface area contributed by atoms with E-state index >= 15 is 0 Å². The first kappa shape index (κ1) is 18.3. The summed E-state index contributed by atoms with van der Waals surface area (Å²) in [6.45, 7) is 5.08. The van der Waals surface area contributed by atoms with Crippen LogP contribution in [0.1, 0.15) is 24.1 Å². The van der Waals surface area contributed by atoms with E-state index in [1.807, 2.05) is 13.8 Å². The molecular formula is C18H23N5O2S. The molecule has 26 heavy (non-hydrogen) atoms. The van der Waals surface area contributed by atoms with Gasteiger partial charge in [0.05, 0.1) is 16.7 Å². The van der Waals surface area contributed by atoms with Crippen LogP contribution in [0, 0.1) is 13.8 Å². The number of anilines is 1. The molecule has 138 valence electrons. The summed E-state index contributed by atoms with van der Waals surface area (Å²) in [7, 11) is -3.44. The van der Waals surface area contributed by atoms with Crippen molar-refractivity contribution in [1.82, 2.24) is 19.3 Å². The van der Waals surface area contributed by atoms with Gasteiger partial charge in [-0.15, -0.1) is 0 Å². The Kier molecular flexibility index (Phi) is 5.24. The van der Waals surface area contributed by atoms with Crippen LogP contribution in [0.25, 0.3) is 11.0 Å². The van der Waals surface area contributed by atoms with Crippen LogP contribution in [-0.4, -0.2) is 29.5 Å². The lowest BCUT2D eigenvalue weighted by molar-refractivity contribution is 0.568. The molecule has 0 aliphatic rings. The number of hydrogen-bond acceptors (Lipinski definition) is 5. The lowest BCUT2D eigenvalue weighted by Crippen LogP contribution is -2.24. The molecule has 2 heterocycles. The van der Waals surface area contributed by atoms with E-state index in [-0.39, 0.29) is 4.90 Å². The highest BCUT2D eigenvalue weighted by molar-refractivity contribution is 7.89. The minimum absolute atomic E-state index is 0.287. The van der Waals surface area contributed by atoms with Crippen molar-refractivity contribution >= 4 is 26.9 Å². The number of nitrogens with one attached hydrogen (secondary N) is 1. The Labute approximate surface area is 153 Å². The molecule has 0 spiro atoms. The average molecular weight is 373 g/mol. The molecular weight excluding hydrogens is 350 g/mol. The predicted molar refractivity (Wildman–Crippen MR) is 102 cm³/mol. The molecule has 3 N–H and O–H groups in total. The summed E-state index contributed by atoms with van der Waals surface area (Å²) < 4.78 is 29.0. The fraction of sp³-hybridized carbons (Fsp3) is 0.333. The van der Waals surface area contributed by atoms with Gasteiger partial charge in [0, 0.05) is 18.8 Å². The number of rotatable bonds is 7. The third-order valence-corrected chi connectivity index (χ3v) is 5.91. The van der Waals surface area contributed by atoms with Gasteiger partial charge in [0.1, 0.15) is 5.52 Å². The fourth-order valence-electron chi connectivity index (χ4n) is 2.92. The maximum Gasteiger partial charge on any atom is 0.240 e. The topological polar surface area (TPSA) is 103 Å². The number of benzene rings is 1. The molecule has 2 aromatic heterocycles. The summed E-state index contributed by atoms with van der Waals surface area (Å²) in [5, 5.41) is 0. The van der Waals surface area contributed by atoms with Crippen molar-refractivity contribution in [2.24, 2.45) is 0 Å². The monoisotopic (exact) mass is 373 g/mol. The number of sulfonamides is 1. The van der Waals surface area contributed by atoms with E-state index in [4.69, 9.17) is 5.73 Å². The third kappa shape index (κ3) is 3.71. The maximum absolute atomic E-state index is 12.2. The van der Waals surface area contributed by atoms with E-state index in [0.29, 0.717) is 12.4 Å². The first-order valence-corrected chi connectivity index (χ1v) is 10.0. The molecule has 3 aromatic rings. The van der Waals surface area contributed by atoms with Crippen molar-refractivity contribution in [3.05, 3.63) is 47.9 Å². The number of nitrogens with two attached hydrogens (primary N) is 1. The number of fused-ring (bicyclic) bond motifs is 1. The number of imidazole rings is 1. The minimum atomic E-state index is -3.44. The summed E-state index contributed by atoms with van der Waals surface area (Å²) >= 11 is 0. The SMILES string of the molecule is Cc1nc(N)c2ncn(CCCCNS(=O)(=O)c3ccccc3)c2c1C. The van der Waals surface area contributed by atoms with Crippen LogP contribution in [0.3, 0.4) is 0 Å². The number of aryl methyl sites for hydroxylation is 3. The molecule has 7 nitrogen and oxygen atoms in total. The quantitative estimate of drug-likeness (QED) is 0.619. The highest BCUT2D eigenvalue weighted by Gasteiger charge is 2.13. The predicted octanol–water partition coefficient (Wildman–Crippen LogP) is 2.39. The van der Waals surface area contributed by atoms with Crippen molar-refractivity contribution in [1.29, 1.82) is 0 Å². The maximum atomic E-state index is 12.2. The van der Waals surface area contributed by atoms with Gasteiger partial charge >= 0.3 is 0 Å². The van der Waals surface area contributed by atoms with Crippen LogP contribution in [0.2, 0.25) is 0 Å². The lowest BCUT2D eigenvalue weighted by atomic mass is 10.2. The van der Waals surface area contributed by atoms with Crippen LogP contribution >= 0.6 is 0 Å². The first-order valence-electron chi connectivity index (χ1n) is 8.52. The second kappa shape index (κ2) is 7.43. The van der Waals surface area contributed by atoms with Gasteiger partial charge in [-0.05, 0) is 44.4 Å². The summed E-state index contributed by atoms with van der Waals surface area (Å²) in [6.07, 6.45) is 3.32. The normalized spacial score (nSPS) is 11.9. The van der Waals surface area contributed by atoms with Gasteiger partial charge in [0.15, 0.2) is 5.82 Å².